The summed E-state index contributed by atoms with van der Waals surface area (Å²) in [7, 11) is 7.44. The molecule has 1 saturated heterocycles. The van der Waals surface area contributed by atoms with Crippen LogP contribution in [0.5, 0.6) is 11.5 Å². The summed E-state index contributed by atoms with van der Waals surface area (Å²) in [5.74, 6) is 2.43. The fraction of sp³-hybridized carbons (Fsp3) is 0.500. The van der Waals surface area contributed by atoms with E-state index in [2.05, 4.69) is 33.9 Å². The van der Waals surface area contributed by atoms with Gasteiger partial charge in [-0.15, -0.1) is 0 Å². The normalized spacial score (nSPS) is 18.0. The zero-order valence-electron chi connectivity index (χ0n) is 14.0. The fourth-order valence-electron chi connectivity index (χ4n) is 3.05. The molecule has 0 unspecified atom stereocenters. The smallest absolute Gasteiger partial charge is 0.222 e. The highest BCUT2D eigenvalue weighted by Gasteiger charge is 2.27. The molecule has 0 bridgehead atoms. The molecule has 2 heterocycles. The Morgan fingerprint density at radius 1 is 1.17 bits per heavy atom. The highest BCUT2D eigenvalue weighted by molar-refractivity contribution is 5.93. The Bertz CT molecular complexity index is 719. The van der Waals surface area contributed by atoms with E-state index in [0.29, 0.717) is 17.5 Å². The predicted molar refractivity (Wildman–Crippen MR) is 91.4 cm³/mol. The second-order valence-electron chi connectivity index (χ2n) is 5.98. The van der Waals surface area contributed by atoms with Gasteiger partial charge in [0.1, 0.15) is 5.82 Å². The van der Waals surface area contributed by atoms with Gasteiger partial charge in [-0.3, -0.25) is 0 Å². The number of nitrogens with two attached hydrogens (primary N) is 1. The summed E-state index contributed by atoms with van der Waals surface area (Å²) < 4.78 is 10.8. The number of fused-ring (bicyclic) bond motifs is 1. The van der Waals surface area contributed by atoms with Gasteiger partial charge in [0, 0.05) is 30.6 Å². The maximum Gasteiger partial charge on any atom is 0.222 e. The lowest BCUT2D eigenvalue weighted by Crippen LogP contribution is -2.31. The molecule has 124 valence electrons. The largest absolute Gasteiger partial charge is 0.493 e. The number of methoxy groups -OCH3 is 2. The zero-order valence-corrected chi connectivity index (χ0v) is 14.0. The topological polar surface area (TPSA) is 76.7 Å². The van der Waals surface area contributed by atoms with Crippen LogP contribution in [0.3, 0.4) is 0 Å². The molecule has 0 aliphatic carbocycles. The maximum atomic E-state index is 5.92. The number of benzene rings is 1. The van der Waals surface area contributed by atoms with E-state index < -0.39 is 0 Å². The monoisotopic (exact) mass is 317 g/mol. The SMILES string of the molecule is COc1cc2nc(N)nc(N3CC[C@@H](N(C)C)C3)c2cc1OC. The number of rotatable bonds is 4. The average molecular weight is 317 g/mol. The van der Waals surface area contributed by atoms with Gasteiger partial charge in [0.05, 0.1) is 19.7 Å². The van der Waals surface area contributed by atoms with E-state index in [1.807, 2.05) is 12.1 Å². The first-order valence-corrected chi connectivity index (χ1v) is 7.64. The molecule has 0 spiro atoms. The number of nitrogens with zero attached hydrogens (tertiary/aromatic N) is 4. The van der Waals surface area contributed by atoms with Gasteiger partial charge in [-0.25, -0.2) is 4.98 Å². The second kappa shape index (κ2) is 6.08. The van der Waals surface area contributed by atoms with Crippen LogP contribution >= 0.6 is 0 Å². The van der Waals surface area contributed by atoms with Crippen LogP contribution in [0.25, 0.3) is 10.9 Å². The molecule has 2 aromatic rings. The minimum atomic E-state index is 0.271. The Morgan fingerprint density at radius 3 is 2.48 bits per heavy atom. The third-order valence-electron chi connectivity index (χ3n) is 4.39. The van der Waals surface area contributed by atoms with Crippen LogP contribution in [0.4, 0.5) is 11.8 Å². The van der Waals surface area contributed by atoms with E-state index >= 15 is 0 Å². The Hall–Kier alpha value is -2.28. The molecule has 2 N–H and O–H groups in total. The van der Waals surface area contributed by atoms with Gasteiger partial charge in [-0.1, -0.05) is 0 Å². The van der Waals surface area contributed by atoms with Crippen molar-refractivity contribution in [1.29, 1.82) is 0 Å². The Balaban J connectivity index is 2.09. The number of hydrogen-bond donors (Lipinski definition) is 1. The van der Waals surface area contributed by atoms with Crippen LogP contribution in [-0.2, 0) is 0 Å². The number of anilines is 2. The molecular weight excluding hydrogens is 294 g/mol. The molecule has 1 aromatic heterocycles. The van der Waals surface area contributed by atoms with E-state index in [4.69, 9.17) is 15.2 Å². The molecule has 1 aromatic carbocycles. The number of likely N-dealkylation sites (N-methyl/N-ethyl adjacent to an activating group) is 1. The minimum Gasteiger partial charge on any atom is -0.493 e. The van der Waals surface area contributed by atoms with Crippen LogP contribution in [0.15, 0.2) is 12.1 Å². The molecule has 0 radical (unpaired) electrons. The lowest BCUT2D eigenvalue weighted by molar-refractivity contribution is 0.315. The highest BCUT2D eigenvalue weighted by Crippen LogP contribution is 2.36. The molecule has 1 aliphatic rings. The van der Waals surface area contributed by atoms with E-state index in [9.17, 15) is 0 Å². The van der Waals surface area contributed by atoms with E-state index in [1.54, 1.807) is 14.2 Å². The molecule has 23 heavy (non-hydrogen) atoms. The van der Waals surface area contributed by atoms with Gasteiger partial charge >= 0.3 is 0 Å². The molecule has 3 rings (SSSR count). The number of nitrogen functional groups attached to an aromatic ring is 1. The lowest BCUT2D eigenvalue weighted by Gasteiger charge is -2.22. The van der Waals surface area contributed by atoms with Crippen molar-refractivity contribution < 1.29 is 9.47 Å². The van der Waals surface area contributed by atoms with E-state index in [1.165, 1.54) is 0 Å². The van der Waals surface area contributed by atoms with Gasteiger partial charge in [0.2, 0.25) is 5.95 Å². The summed E-state index contributed by atoms with van der Waals surface area (Å²) in [6, 6.07) is 4.28. The summed E-state index contributed by atoms with van der Waals surface area (Å²) in [5, 5.41) is 0.927. The third kappa shape index (κ3) is 2.84. The highest BCUT2D eigenvalue weighted by atomic mass is 16.5. The molecule has 0 amide bonds. The number of aromatic nitrogens is 2. The maximum absolute atomic E-state index is 5.92. The molecule has 7 heteroatoms. The molecule has 7 nitrogen and oxygen atoms in total. The summed E-state index contributed by atoms with van der Waals surface area (Å²) in [6.07, 6.45) is 1.10. The zero-order chi connectivity index (χ0) is 16.6. The van der Waals surface area contributed by atoms with Crippen LogP contribution in [0, 0.1) is 0 Å². The van der Waals surface area contributed by atoms with Gasteiger partial charge in [-0.05, 0) is 26.6 Å². The predicted octanol–water partition coefficient (Wildman–Crippen LogP) is 1.37. The van der Waals surface area contributed by atoms with Gasteiger partial charge < -0.3 is 25.0 Å². The summed E-state index contributed by atoms with van der Waals surface area (Å²) in [5.41, 5.74) is 6.68. The Kier molecular flexibility index (Phi) is 4.12. The lowest BCUT2D eigenvalue weighted by atomic mass is 10.2. The van der Waals surface area contributed by atoms with Crippen LogP contribution in [0.1, 0.15) is 6.42 Å². The van der Waals surface area contributed by atoms with Crippen molar-refractivity contribution in [2.24, 2.45) is 0 Å². The summed E-state index contributed by atoms with van der Waals surface area (Å²) in [4.78, 5) is 13.3. The van der Waals surface area contributed by atoms with Crippen molar-refractivity contribution in [3.05, 3.63) is 12.1 Å². The van der Waals surface area contributed by atoms with Crippen molar-refractivity contribution in [2.75, 3.05) is 52.0 Å². The average Bonchev–Trinajstić information content (AvgIpc) is 3.02. The molecule has 1 aliphatic heterocycles. The van der Waals surface area contributed by atoms with Crippen molar-refractivity contribution >= 4 is 22.7 Å². The third-order valence-corrected chi connectivity index (χ3v) is 4.39. The van der Waals surface area contributed by atoms with Crippen molar-refractivity contribution in [3.8, 4) is 11.5 Å². The first-order chi connectivity index (χ1) is 11.0. The van der Waals surface area contributed by atoms with Gasteiger partial charge in [0.15, 0.2) is 11.5 Å². The molecule has 1 fully saturated rings. The van der Waals surface area contributed by atoms with Crippen LogP contribution in [0.2, 0.25) is 0 Å². The number of hydrogen-bond acceptors (Lipinski definition) is 7. The minimum absolute atomic E-state index is 0.271. The molecular formula is C16H23N5O2. The van der Waals surface area contributed by atoms with E-state index in [0.717, 1.165) is 36.2 Å². The van der Waals surface area contributed by atoms with Crippen LogP contribution in [-0.4, -0.2) is 62.3 Å². The summed E-state index contributed by atoms with van der Waals surface area (Å²) >= 11 is 0. The Morgan fingerprint density at radius 2 is 1.87 bits per heavy atom. The first-order valence-electron chi connectivity index (χ1n) is 7.64. The van der Waals surface area contributed by atoms with Gasteiger partial charge in [-0.2, -0.15) is 4.98 Å². The number of ether oxygens (including phenoxy) is 2. The molecule has 1 atom stereocenters. The quantitative estimate of drug-likeness (QED) is 0.912. The Labute approximate surface area is 136 Å². The molecule has 0 saturated carbocycles. The first kappa shape index (κ1) is 15.6. The second-order valence-corrected chi connectivity index (χ2v) is 5.98. The fourth-order valence-corrected chi connectivity index (χ4v) is 3.05. The van der Waals surface area contributed by atoms with Crippen molar-refractivity contribution in [2.45, 2.75) is 12.5 Å². The van der Waals surface area contributed by atoms with E-state index in [-0.39, 0.29) is 5.95 Å². The summed E-state index contributed by atoms with van der Waals surface area (Å²) in [6.45, 7) is 1.87. The van der Waals surface area contributed by atoms with Crippen molar-refractivity contribution in [1.82, 2.24) is 14.9 Å². The van der Waals surface area contributed by atoms with Gasteiger partial charge in [0.25, 0.3) is 0 Å². The van der Waals surface area contributed by atoms with Crippen molar-refractivity contribution in [3.63, 3.8) is 0 Å². The van der Waals surface area contributed by atoms with Crippen LogP contribution < -0.4 is 20.1 Å². The standard InChI is InChI=1S/C16H23N5O2/c1-20(2)10-5-6-21(9-10)15-11-7-13(22-3)14(23-4)8-12(11)18-16(17)19-15/h7-8,10H,5-6,9H2,1-4H3,(H2,17,18,19)/t10-/m1/s1.